The molecule has 0 saturated carbocycles. The lowest BCUT2D eigenvalue weighted by Gasteiger charge is -2.45. The molecule has 1 saturated heterocycles. The van der Waals surface area contributed by atoms with Crippen LogP contribution in [0, 0.1) is 5.92 Å². The summed E-state index contributed by atoms with van der Waals surface area (Å²) in [7, 11) is 2.18. The Hall–Kier alpha value is -0.0800. The van der Waals surface area contributed by atoms with Crippen molar-refractivity contribution < 1.29 is 4.74 Å². The molecule has 1 aliphatic rings. The lowest BCUT2D eigenvalue weighted by Crippen LogP contribution is -2.54. The molecule has 1 rings (SSSR count). The van der Waals surface area contributed by atoms with E-state index in [0.29, 0.717) is 5.54 Å². The fraction of sp³-hybridized carbons (Fsp3) is 1.00. The number of rotatable bonds is 3. The highest BCUT2D eigenvalue weighted by atomic mass is 16.5. The molecule has 0 aromatic rings. The fourth-order valence-corrected chi connectivity index (χ4v) is 1.36. The summed E-state index contributed by atoms with van der Waals surface area (Å²) >= 11 is 0. The quantitative estimate of drug-likeness (QED) is 0.613. The Bertz CT molecular complexity index is 123. The normalized spacial score (nSPS) is 20.5. The molecule has 0 unspecified atom stereocenters. The van der Waals surface area contributed by atoms with Gasteiger partial charge in [0.1, 0.15) is 0 Å². The van der Waals surface area contributed by atoms with E-state index in [2.05, 4.69) is 32.7 Å². The average molecular weight is 157 g/mol. The van der Waals surface area contributed by atoms with Gasteiger partial charge in [-0.05, 0) is 27.4 Å². The van der Waals surface area contributed by atoms with Gasteiger partial charge in [0.2, 0.25) is 0 Å². The summed E-state index contributed by atoms with van der Waals surface area (Å²) in [4.78, 5) is 2.39. The van der Waals surface area contributed by atoms with Crippen molar-refractivity contribution in [2.24, 2.45) is 5.92 Å². The molecular weight excluding hydrogens is 138 g/mol. The molecule has 11 heavy (non-hydrogen) atoms. The van der Waals surface area contributed by atoms with Gasteiger partial charge in [0.05, 0.1) is 13.2 Å². The van der Waals surface area contributed by atoms with Crippen LogP contribution in [0.15, 0.2) is 0 Å². The Morgan fingerprint density at radius 3 is 2.27 bits per heavy atom. The Morgan fingerprint density at radius 1 is 1.45 bits per heavy atom. The molecule has 0 aromatic carbocycles. The molecule has 0 spiro atoms. The van der Waals surface area contributed by atoms with Gasteiger partial charge in [-0.15, -0.1) is 0 Å². The van der Waals surface area contributed by atoms with Gasteiger partial charge < -0.3 is 9.64 Å². The molecule has 2 heteroatoms. The monoisotopic (exact) mass is 157 g/mol. The largest absolute Gasteiger partial charge is 0.381 e. The van der Waals surface area contributed by atoms with Crippen molar-refractivity contribution in [1.82, 2.24) is 4.90 Å². The minimum atomic E-state index is 0.312. The fourth-order valence-electron chi connectivity index (χ4n) is 1.36. The Balaban J connectivity index is 2.49. The van der Waals surface area contributed by atoms with E-state index in [0.717, 1.165) is 25.7 Å². The zero-order valence-corrected chi connectivity index (χ0v) is 8.05. The maximum atomic E-state index is 5.19. The van der Waals surface area contributed by atoms with Gasteiger partial charge in [-0.3, -0.25) is 0 Å². The lowest BCUT2D eigenvalue weighted by atomic mass is 9.84. The van der Waals surface area contributed by atoms with Crippen LogP contribution in [0.2, 0.25) is 0 Å². The van der Waals surface area contributed by atoms with Gasteiger partial charge in [-0.1, -0.05) is 6.92 Å². The van der Waals surface area contributed by atoms with Gasteiger partial charge in [0, 0.05) is 11.5 Å². The summed E-state index contributed by atoms with van der Waals surface area (Å²) < 4.78 is 5.19. The Labute approximate surface area is 69.5 Å². The van der Waals surface area contributed by atoms with Crippen LogP contribution in [0.4, 0.5) is 0 Å². The number of hydrogen-bond acceptors (Lipinski definition) is 2. The van der Waals surface area contributed by atoms with Crippen molar-refractivity contribution in [2.75, 3.05) is 26.8 Å². The van der Waals surface area contributed by atoms with E-state index in [1.165, 1.54) is 0 Å². The van der Waals surface area contributed by atoms with E-state index in [-0.39, 0.29) is 0 Å². The maximum absolute atomic E-state index is 5.19. The van der Waals surface area contributed by atoms with Gasteiger partial charge in [0.25, 0.3) is 0 Å². The summed E-state index contributed by atoms with van der Waals surface area (Å²) in [5, 5.41) is 0. The topological polar surface area (TPSA) is 12.5 Å². The second-order valence-corrected chi connectivity index (χ2v) is 3.90. The van der Waals surface area contributed by atoms with Gasteiger partial charge in [0.15, 0.2) is 0 Å². The minimum Gasteiger partial charge on any atom is -0.381 e. The van der Waals surface area contributed by atoms with Crippen LogP contribution in [0.1, 0.15) is 20.8 Å². The second-order valence-electron chi connectivity index (χ2n) is 3.90. The zero-order valence-electron chi connectivity index (χ0n) is 8.05. The summed E-state index contributed by atoms with van der Waals surface area (Å²) in [6.45, 7) is 9.78. The summed E-state index contributed by atoms with van der Waals surface area (Å²) in [5.74, 6) is 0.729. The van der Waals surface area contributed by atoms with E-state index >= 15 is 0 Å². The van der Waals surface area contributed by atoms with E-state index in [1.54, 1.807) is 0 Å². The van der Waals surface area contributed by atoms with Crippen LogP contribution < -0.4 is 0 Å². The van der Waals surface area contributed by atoms with Crippen molar-refractivity contribution in [2.45, 2.75) is 26.3 Å². The molecule has 0 N–H and O–H groups in total. The molecule has 0 aromatic heterocycles. The predicted octanol–water partition coefficient (Wildman–Crippen LogP) is 1.36. The highest BCUT2D eigenvalue weighted by Gasteiger charge is 2.37. The van der Waals surface area contributed by atoms with Crippen LogP contribution in [-0.2, 0) is 4.74 Å². The van der Waals surface area contributed by atoms with Gasteiger partial charge in [-0.2, -0.15) is 0 Å². The molecule has 0 radical (unpaired) electrons. The number of hydrogen-bond donors (Lipinski definition) is 0. The molecule has 0 bridgehead atoms. The lowest BCUT2D eigenvalue weighted by molar-refractivity contribution is -0.0995. The molecule has 1 heterocycles. The summed E-state index contributed by atoms with van der Waals surface area (Å²) in [6.07, 6.45) is 0. The first-order valence-electron chi connectivity index (χ1n) is 4.38. The zero-order chi connectivity index (χ0) is 8.48. The van der Waals surface area contributed by atoms with Gasteiger partial charge in [-0.25, -0.2) is 0 Å². The third kappa shape index (κ3) is 1.57. The Morgan fingerprint density at radius 2 is 2.00 bits per heavy atom. The molecule has 0 aliphatic carbocycles. The number of nitrogens with zero attached hydrogens (tertiary/aromatic N) is 1. The highest BCUT2D eigenvalue weighted by molar-refractivity contribution is 4.90. The summed E-state index contributed by atoms with van der Waals surface area (Å²) in [6, 6.07) is 0. The van der Waals surface area contributed by atoms with Crippen LogP contribution in [0.5, 0.6) is 0 Å². The molecule has 0 atom stereocenters. The van der Waals surface area contributed by atoms with Crippen molar-refractivity contribution in [3.63, 3.8) is 0 Å². The first-order valence-corrected chi connectivity index (χ1v) is 4.38. The van der Waals surface area contributed by atoms with E-state index < -0.39 is 0 Å². The molecule has 0 amide bonds. The summed E-state index contributed by atoms with van der Waals surface area (Å²) in [5.41, 5.74) is 0.312. The minimum absolute atomic E-state index is 0.312. The molecule has 1 aliphatic heterocycles. The van der Waals surface area contributed by atoms with Crippen molar-refractivity contribution in [1.29, 1.82) is 0 Å². The van der Waals surface area contributed by atoms with Crippen LogP contribution in [0.25, 0.3) is 0 Å². The SMILES string of the molecule is CCN(C)C(C)(C)C1COC1. The first kappa shape index (κ1) is 9.01. The van der Waals surface area contributed by atoms with Gasteiger partial charge >= 0.3 is 0 Å². The van der Waals surface area contributed by atoms with Crippen molar-refractivity contribution in [3.05, 3.63) is 0 Å². The van der Waals surface area contributed by atoms with E-state index in [4.69, 9.17) is 4.74 Å². The van der Waals surface area contributed by atoms with Crippen molar-refractivity contribution in [3.8, 4) is 0 Å². The number of ether oxygens (including phenoxy) is 1. The third-order valence-electron chi connectivity index (χ3n) is 3.10. The standard InChI is InChI=1S/C9H19NO/c1-5-10(4)9(2,3)8-6-11-7-8/h8H,5-7H2,1-4H3. The molecule has 1 fully saturated rings. The Kier molecular flexibility index (Phi) is 2.55. The highest BCUT2D eigenvalue weighted by Crippen LogP contribution is 2.28. The average Bonchev–Trinajstić information content (AvgIpc) is 1.81. The second kappa shape index (κ2) is 3.11. The smallest absolute Gasteiger partial charge is 0.0534 e. The maximum Gasteiger partial charge on any atom is 0.0534 e. The van der Waals surface area contributed by atoms with Crippen LogP contribution >= 0.6 is 0 Å². The molecule has 66 valence electrons. The molecule has 2 nitrogen and oxygen atoms in total. The molecular formula is C9H19NO. The van der Waals surface area contributed by atoms with Crippen LogP contribution in [0.3, 0.4) is 0 Å². The van der Waals surface area contributed by atoms with Crippen molar-refractivity contribution >= 4 is 0 Å². The first-order chi connectivity index (χ1) is 5.09. The predicted molar refractivity (Wildman–Crippen MR) is 46.7 cm³/mol. The third-order valence-corrected chi connectivity index (χ3v) is 3.10. The van der Waals surface area contributed by atoms with Crippen LogP contribution in [-0.4, -0.2) is 37.2 Å². The van der Waals surface area contributed by atoms with E-state index in [1.807, 2.05) is 0 Å². The van der Waals surface area contributed by atoms with E-state index in [9.17, 15) is 0 Å².